The summed E-state index contributed by atoms with van der Waals surface area (Å²) in [5, 5.41) is 0. The topological polar surface area (TPSA) is 0 Å². The van der Waals surface area contributed by atoms with E-state index in [1.807, 2.05) is 0 Å². The second-order valence-electron chi connectivity index (χ2n) is 7.12. The lowest BCUT2D eigenvalue weighted by molar-refractivity contribution is 0.134. The van der Waals surface area contributed by atoms with Crippen LogP contribution in [0, 0.1) is 23.7 Å². The van der Waals surface area contributed by atoms with E-state index in [0.717, 1.165) is 23.7 Å². The molecule has 0 aromatic heterocycles. The summed E-state index contributed by atoms with van der Waals surface area (Å²) in [4.78, 5) is 0. The minimum absolute atomic E-state index is 1.07. The van der Waals surface area contributed by atoms with Crippen LogP contribution in [0.25, 0.3) is 0 Å². The highest BCUT2D eigenvalue weighted by atomic mass is 14.4. The maximum atomic E-state index is 2.38. The van der Waals surface area contributed by atoms with Crippen molar-refractivity contribution in [3.8, 4) is 0 Å². The zero-order chi connectivity index (χ0) is 12.8. The normalized spacial score (nSPS) is 37.7. The maximum Gasteiger partial charge on any atom is -0.0383 e. The first-order valence-corrected chi connectivity index (χ1v) is 8.83. The minimum Gasteiger partial charge on any atom is -0.0654 e. The molecule has 2 aliphatic rings. The van der Waals surface area contributed by atoms with Crippen LogP contribution >= 0.6 is 0 Å². The predicted octanol–water partition coefficient (Wildman–Crippen LogP) is 6.20. The van der Waals surface area contributed by atoms with Gasteiger partial charge in [-0.2, -0.15) is 0 Å². The molecular weight excluding hydrogens is 216 g/mol. The molecule has 0 heteroatoms. The lowest BCUT2D eigenvalue weighted by Crippen LogP contribution is -2.26. The Morgan fingerprint density at radius 1 is 0.778 bits per heavy atom. The van der Waals surface area contributed by atoms with Crippen molar-refractivity contribution in [2.45, 2.75) is 90.9 Å². The van der Waals surface area contributed by atoms with E-state index in [9.17, 15) is 0 Å². The van der Waals surface area contributed by atoms with Gasteiger partial charge in [-0.05, 0) is 42.9 Å². The van der Waals surface area contributed by atoms with E-state index in [1.54, 1.807) is 32.1 Å². The summed E-state index contributed by atoms with van der Waals surface area (Å²) in [5.74, 6) is 4.38. The highest BCUT2D eigenvalue weighted by Crippen LogP contribution is 2.43. The Hall–Kier alpha value is 0. The Morgan fingerprint density at radius 2 is 1.56 bits per heavy atom. The van der Waals surface area contributed by atoms with Gasteiger partial charge in [-0.1, -0.05) is 71.6 Å². The molecule has 106 valence electrons. The van der Waals surface area contributed by atoms with E-state index in [1.165, 1.54) is 44.9 Å². The van der Waals surface area contributed by atoms with Gasteiger partial charge in [-0.25, -0.2) is 0 Å². The average Bonchev–Trinajstić information content (AvgIpc) is 2.45. The summed E-state index contributed by atoms with van der Waals surface area (Å²) >= 11 is 0. The molecule has 2 aliphatic carbocycles. The lowest BCUT2D eigenvalue weighted by Gasteiger charge is -2.38. The highest BCUT2D eigenvalue weighted by molar-refractivity contribution is 4.82. The molecule has 0 bridgehead atoms. The summed E-state index contributed by atoms with van der Waals surface area (Å²) in [7, 11) is 0. The lowest BCUT2D eigenvalue weighted by atomic mass is 9.68. The smallest absolute Gasteiger partial charge is 0.0383 e. The van der Waals surface area contributed by atoms with Crippen LogP contribution in [0.2, 0.25) is 0 Å². The summed E-state index contributed by atoms with van der Waals surface area (Å²) in [6.45, 7) is 4.72. The third kappa shape index (κ3) is 4.00. The second-order valence-corrected chi connectivity index (χ2v) is 7.12. The Morgan fingerprint density at radius 3 is 2.22 bits per heavy atom. The van der Waals surface area contributed by atoms with Gasteiger partial charge in [0, 0.05) is 0 Å². The van der Waals surface area contributed by atoms with Crippen molar-refractivity contribution in [1.82, 2.24) is 0 Å². The predicted molar refractivity (Wildman–Crippen MR) is 80.7 cm³/mol. The number of unbranched alkanes of at least 4 members (excludes halogenated alkanes) is 1. The van der Waals surface area contributed by atoms with Crippen molar-refractivity contribution in [3.05, 3.63) is 0 Å². The monoisotopic (exact) mass is 250 g/mol. The molecule has 2 rings (SSSR count). The molecule has 0 nitrogen and oxygen atoms in total. The van der Waals surface area contributed by atoms with Crippen LogP contribution in [0.1, 0.15) is 90.9 Å². The van der Waals surface area contributed by atoms with Crippen LogP contribution < -0.4 is 0 Å². The minimum atomic E-state index is 1.07. The Balaban J connectivity index is 1.75. The molecule has 0 spiro atoms. The molecule has 0 radical (unpaired) electrons. The molecule has 0 N–H and O–H groups in total. The second kappa shape index (κ2) is 7.56. The Labute approximate surface area is 115 Å². The fraction of sp³-hybridized carbons (Fsp3) is 1.00. The van der Waals surface area contributed by atoms with Crippen LogP contribution in [0.5, 0.6) is 0 Å². The standard InChI is InChI=1S/C18H34/c1-3-5-7-16-8-6-9-18(14-16)17-12-10-15(4-2)11-13-17/h15-18H,3-14H2,1-2H3/t15?,16-,17?,18-/m1/s1. The maximum absolute atomic E-state index is 2.38. The molecule has 0 saturated heterocycles. The summed E-state index contributed by atoms with van der Waals surface area (Å²) in [5.41, 5.74) is 0. The zero-order valence-electron chi connectivity index (χ0n) is 12.8. The number of rotatable bonds is 5. The van der Waals surface area contributed by atoms with Crippen molar-refractivity contribution in [3.63, 3.8) is 0 Å². The van der Waals surface area contributed by atoms with Gasteiger partial charge in [0.05, 0.1) is 0 Å². The van der Waals surface area contributed by atoms with Crippen molar-refractivity contribution in [2.24, 2.45) is 23.7 Å². The molecule has 0 aliphatic heterocycles. The molecule has 0 heterocycles. The van der Waals surface area contributed by atoms with Gasteiger partial charge in [-0.3, -0.25) is 0 Å². The van der Waals surface area contributed by atoms with Crippen molar-refractivity contribution in [2.75, 3.05) is 0 Å². The van der Waals surface area contributed by atoms with Crippen molar-refractivity contribution >= 4 is 0 Å². The fourth-order valence-electron chi connectivity index (χ4n) is 4.58. The van der Waals surface area contributed by atoms with E-state index in [0.29, 0.717) is 0 Å². The quantitative estimate of drug-likeness (QED) is 0.545. The average molecular weight is 250 g/mol. The first-order valence-electron chi connectivity index (χ1n) is 8.83. The first kappa shape index (κ1) is 14.4. The van der Waals surface area contributed by atoms with Crippen LogP contribution in [-0.4, -0.2) is 0 Å². The van der Waals surface area contributed by atoms with E-state index in [4.69, 9.17) is 0 Å². The summed E-state index contributed by atoms with van der Waals surface area (Å²) in [6.07, 6.45) is 18.2. The largest absolute Gasteiger partial charge is 0.0654 e. The van der Waals surface area contributed by atoms with E-state index >= 15 is 0 Å². The number of hydrogen-bond donors (Lipinski definition) is 0. The van der Waals surface area contributed by atoms with Gasteiger partial charge in [0.1, 0.15) is 0 Å². The van der Waals surface area contributed by atoms with Crippen LogP contribution in [-0.2, 0) is 0 Å². The molecule has 0 aromatic rings. The first-order chi connectivity index (χ1) is 8.83. The molecular formula is C18H34. The van der Waals surface area contributed by atoms with Gasteiger partial charge in [0.25, 0.3) is 0 Å². The van der Waals surface area contributed by atoms with E-state index in [-0.39, 0.29) is 0 Å². The van der Waals surface area contributed by atoms with E-state index < -0.39 is 0 Å². The van der Waals surface area contributed by atoms with Crippen LogP contribution in [0.15, 0.2) is 0 Å². The third-order valence-electron chi connectivity index (χ3n) is 5.92. The van der Waals surface area contributed by atoms with E-state index in [2.05, 4.69) is 13.8 Å². The van der Waals surface area contributed by atoms with Gasteiger partial charge in [0.2, 0.25) is 0 Å². The molecule has 18 heavy (non-hydrogen) atoms. The van der Waals surface area contributed by atoms with Gasteiger partial charge in [-0.15, -0.1) is 0 Å². The molecule has 2 atom stereocenters. The molecule has 2 fully saturated rings. The van der Waals surface area contributed by atoms with Gasteiger partial charge in [0.15, 0.2) is 0 Å². The van der Waals surface area contributed by atoms with Gasteiger partial charge >= 0.3 is 0 Å². The van der Waals surface area contributed by atoms with Crippen molar-refractivity contribution < 1.29 is 0 Å². The third-order valence-corrected chi connectivity index (χ3v) is 5.92. The summed E-state index contributed by atoms with van der Waals surface area (Å²) in [6, 6.07) is 0. The molecule has 2 saturated carbocycles. The summed E-state index contributed by atoms with van der Waals surface area (Å²) < 4.78 is 0. The van der Waals surface area contributed by atoms with Crippen LogP contribution in [0.4, 0.5) is 0 Å². The number of hydrogen-bond acceptors (Lipinski definition) is 0. The Bertz CT molecular complexity index is 212. The Kier molecular flexibility index (Phi) is 6.05. The highest BCUT2D eigenvalue weighted by Gasteiger charge is 2.30. The van der Waals surface area contributed by atoms with Gasteiger partial charge < -0.3 is 0 Å². The molecule has 0 unspecified atom stereocenters. The van der Waals surface area contributed by atoms with Crippen LogP contribution in [0.3, 0.4) is 0 Å². The molecule has 0 amide bonds. The van der Waals surface area contributed by atoms with Crippen molar-refractivity contribution in [1.29, 1.82) is 0 Å². The SMILES string of the molecule is CCCC[C@@H]1CCC[C@@H](C2CCC(CC)CC2)C1. The zero-order valence-corrected chi connectivity index (χ0v) is 12.8. The fourth-order valence-corrected chi connectivity index (χ4v) is 4.58. The molecule has 0 aromatic carbocycles.